The van der Waals surface area contributed by atoms with Crippen molar-refractivity contribution in [2.45, 2.75) is 19.1 Å². The van der Waals surface area contributed by atoms with Gasteiger partial charge in [0.2, 0.25) is 5.95 Å². The summed E-state index contributed by atoms with van der Waals surface area (Å²) in [7, 11) is 0.957. The van der Waals surface area contributed by atoms with Gasteiger partial charge in [-0.05, 0) is 13.8 Å². The van der Waals surface area contributed by atoms with Crippen LogP contribution in [0.2, 0.25) is 0 Å². The van der Waals surface area contributed by atoms with Crippen LogP contribution in [0.1, 0.15) is 12.5 Å². The molecule has 0 aliphatic rings. The largest absolute Gasteiger partial charge is 0.368 e. The van der Waals surface area contributed by atoms with Crippen LogP contribution in [0, 0.1) is 6.92 Å². The van der Waals surface area contributed by atoms with E-state index in [1.165, 1.54) is 0 Å². The van der Waals surface area contributed by atoms with E-state index in [4.69, 9.17) is 0 Å². The molecular formula is C10H18N4OS. The second-order valence-corrected chi connectivity index (χ2v) is 5.47. The third kappa shape index (κ3) is 3.44. The SMILES string of the molecule is CNc1ncc(C)c(NCC(C)S(C)=O)n1. The Balaban J connectivity index is 2.69. The van der Waals surface area contributed by atoms with Gasteiger partial charge in [-0.2, -0.15) is 4.98 Å². The number of nitrogens with zero attached hydrogens (tertiary/aromatic N) is 2. The van der Waals surface area contributed by atoms with Gasteiger partial charge in [0.25, 0.3) is 0 Å². The molecule has 0 saturated carbocycles. The van der Waals surface area contributed by atoms with Crippen molar-refractivity contribution < 1.29 is 4.21 Å². The molecule has 0 spiro atoms. The maximum Gasteiger partial charge on any atom is 0.224 e. The summed E-state index contributed by atoms with van der Waals surface area (Å²) in [6, 6.07) is 0. The van der Waals surface area contributed by atoms with E-state index in [9.17, 15) is 4.21 Å². The van der Waals surface area contributed by atoms with E-state index >= 15 is 0 Å². The fraction of sp³-hybridized carbons (Fsp3) is 0.600. The summed E-state index contributed by atoms with van der Waals surface area (Å²) in [6.45, 7) is 4.53. The lowest BCUT2D eigenvalue weighted by Gasteiger charge is -2.12. The number of anilines is 2. The van der Waals surface area contributed by atoms with Gasteiger partial charge in [-0.1, -0.05) is 0 Å². The highest BCUT2D eigenvalue weighted by Crippen LogP contribution is 2.12. The molecule has 0 aliphatic carbocycles. The lowest BCUT2D eigenvalue weighted by Crippen LogP contribution is -2.21. The average molecular weight is 242 g/mol. The number of nitrogens with one attached hydrogen (secondary N) is 2. The minimum Gasteiger partial charge on any atom is -0.368 e. The maximum atomic E-state index is 11.2. The van der Waals surface area contributed by atoms with Crippen molar-refractivity contribution in [2.24, 2.45) is 0 Å². The lowest BCUT2D eigenvalue weighted by molar-refractivity contribution is 0.678. The van der Waals surface area contributed by atoms with Crippen LogP contribution in [-0.2, 0) is 10.8 Å². The fourth-order valence-corrected chi connectivity index (χ4v) is 1.42. The Kier molecular flexibility index (Phi) is 4.67. The van der Waals surface area contributed by atoms with Gasteiger partial charge in [0.1, 0.15) is 5.82 Å². The molecule has 5 nitrogen and oxygen atoms in total. The summed E-state index contributed by atoms with van der Waals surface area (Å²) in [5, 5.41) is 6.17. The number of hydrogen-bond acceptors (Lipinski definition) is 5. The van der Waals surface area contributed by atoms with Gasteiger partial charge in [0.15, 0.2) is 0 Å². The third-order valence-electron chi connectivity index (χ3n) is 2.32. The Morgan fingerprint density at radius 2 is 2.25 bits per heavy atom. The minimum absolute atomic E-state index is 0.104. The molecule has 0 fully saturated rings. The molecule has 1 heterocycles. The first kappa shape index (κ1) is 12.9. The summed E-state index contributed by atoms with van der Waals surface area (Å²) in [6.07, 6.45) is 3.47. The summed E-state index contributed by atoms with van der Waals surface area (Å²) in [5.74, 6) is 1.37. The van der Waals surface area contributed by atoms with Crippen molar-refractivity contribution in [1.29, 1.82) is 0 Å². The van der Waals surface area contributed by atoms with Crippen molar-refractivity contribution in [2.75, 3.05) is 30.5 Å². The van der Waals surface area contributed by atoms with Gasteiger partial charge < -0.3 is 10.6 Å². The zero-order valence-electron chi connectivity index (χ0n) is 10.1. The molecule has 0 bridgehead atoms. The highest BCUT2D eigenvalue weighted by atomic mass is 32.2. The molecule has 0 aliphatic heterocycles. The molecule has 16 heavy (non-hydrogen) atoms. The Bertz CT molecular complexity index is 383. The first-order valence-electron chi connectivity index (χ1n) is 5.12. The Morgan fingerprint density at radius 3 is 2.81 bits per heavy atom. The molecule has 0 amide bonds. The van der Waals surface area contributed by atoms with Gasteiger partial charge >= 0.3 is 0 Å². The van der Waals surface area contributed by atoms with Crippen LogP contribution in [-0.4, -0.2) is 39.3 Å². The van der Waals surface area contributed by atoms with E-state index in [-0.39, 0.29) is 5.25 Å². The predicted molar refractivity (Wildman–Crippen MR) is 68.3 cm³/mol. The molecule has 1 aromatic heterocycles. The molecule has 2 atom stereocenters. The minimum atomic E-state index is -0.819. The van der Waals surface area contributed by atoms with Crippen molar-refractivity contribution >= 4 is 22.6 Å². The van der Waals surface area contributed by atoms with Gasteiger partial charge in [-0.15, -0.1) is 0 Å². The summed E-state index contributed by atoms with van der Waals surface area (Å²) in [5.41, 5.74) is 0.980. The molecule has 1 rings (SSSR count). The molecule has 2 N–H and O–H groups in total. The lowest BCUT2D eigenvalue weighted by atomic mass is 10.3. The Morgan fingerprint density at radius 1 is 1.56 bits per heavy atom. The standard InChI is InChI=1S/C10H18N4OS/c1-7-5-13-10(11-3)14-9(7)12-6-8(2)16(4)15/h5,8H,6H2,1-4H3,(H2,11,12,13,14). The molecule has 0 saturated heterocycles. The Labute approximate surface area is 98.5 Å². The topological polar surface area (TPSA) is 66.9 Å². The normalized spacial score (nSPS) is 14.2. The van der Waals surface area contributed by atoms with E-state index in [0.717, 1.165) is 11.4 Å². The number of aromatic nitrogens is 2. The highest BCUT2D eigenvalue weighted by Gasteiger charge is 2.08. The smallest absolute Gasteiger partial charge is 0.224 e. The van der Waals surface area contributed by atoms with Gasteiger partial charge in [0, 0.05) is 47.7 Å². The first-order chi connectivity index (χ1) is 7.54. The molecule has 90 valence electrons. The Hall–Kier alpha value is -1.17. The number of rotatable bonds is 5. The maximum absolute atomic E-state index is 11.2. The zero-order valence-corrected chi connectivity index (χ0v) is 10.9. The van der Waals surface area contributed by atoms with Crippen LogP contribution in [0.15, 0.2) is 6.20 Å². The van der Waals surface area contributed by atoms with E-state index in [2.05, 4.69) is 20.6 Å². The molecule has 1 aromatic rings. The van der Waals surface area contributed by atoms with Crippen LogP contribution >= 0.6 is 0 Å². The fourth-order valence-electron chi connectivity index (χ4n) is 1.10. The third-order valence-corrected chi connectivity index (χ3v) is 3.62. The van der Waals surface area contributed by atoms with Crippen LogP contribution in [0.3, 0.4) is 0 Å². The number of aryl methyl sites for hydroxylation is 1. The van der Waals surface area contributed by atoms with E-state index < -0.39 is 10.8 Å². The quantitative estimate of drug-likeness (QED) is 0.806. The van der Waals surface area contributed by atoms with Gasteiger partial charge in [-0.3, -0.25) is 4.21 Å². The predicted octanol–water partition coefficient (Wildman–Crippen LogP) is 1.01. The van der Waals surface area contributed by atoms with Crippen LogP contribution in [0.25, 0.3) is 0 Å². The van der Waals surface area contributed by atoms with Crippen molar-refractivity contribution in [3.63, 3.8) is 0 Å². The molecule has 0 aromatic carbocycles. The average Bonchev–Trinajstić information content (AvgIpc) is 2.27. The van der Waals surface area contributed by atoms with Crippen molar-refractivity contribution in [3.05, 3.63) is 11.8 Å². The zero-order chi connectivity index (χ0) is 12.1. The van der Waals surface area contributed by atoms with Crippen LogP contribution in [0.4, 0.5) is 11.8 Å². The summed E-state index contributed by atoms with van der Waals surface area (Å²) >= 11 is 0. The van der Waals surface area contributed by atoms with Crippen molar-refractivity contribution in [3.8, 4) is 0 Å². The second kappa shape index (κ2) is 5.79. The van der Waals surface area contributed by atoms with Gasteiger partial charge in [0.05, 0.1) is 0 Å². The van der Waals surface area contributed by atoms with E-state index in [0.29, 0.717) is 12.5 Å². The van der Waals surface area contributed by atoms with Crippen LogP contribution in [0.5, 0.6) is 0 Å². The molecule has 2 unspecified atom stereocenters. The van der Waals surface area contributed by atoms with Crippen LogP contribution < -0.4 is 10.6 Å². The van der Waals surface area contributed by atoms with E-state index in [1.807, 2.05) is 13.8 Å². The number of hydrogen-bond donors (Lipinski definition) is 2. The van der Waals surface area contributed by atoms with Crippen molar-refractivity contribution in [1.82, 2.24) is 9.97 Å². The molecule has 6 heteroatoms. The van der Waals surface area contributed by atoms with Gasteiger partial charge in [-0.25, -0.2) is 4.98 Å². The van der Waals surface area contributed by atoms with E-state index in [1.54, 1.807) is 19.5 Å². The molecule has 0 radical (unpaired) electrons. The monoisotopic (exact) mass is 242 g/mol. The first-order valence-corrected chi connectivity index (χ1v) is 6.74. The highest BCUT2D eigenvalue weighted by molar-refractivity contribution is 7.84. The molecular weight excluding hydrogens is 224 g/mol. The summed E-state index contributed by atoms with van der Waals surface area (Å²) < 4.78 is 11.2. The second-order valence-electron chi connectivity index (χ2n) is 3.67. The summed E-state index contributed by atoms with van der Waals surface area (Å²) in [4.78, 5) is 8.39.